The molecule has 1 N–H and O–H groups in total. The van der Waals surface area contributed by atoms with Gasteiger partial charge < -0.3 is 0 Å². The van der Waals surface area contributed by atoms with Crippen molar-refractivity contribution in [1.82, 2.24) is 3.30 Å². The predicted octanol–water partition coefficient (Wildman–Crippen LogP) is 4.70. The Labute approximate surface area is 159 Å². The van der Waals surface area contributed by atoms with Crippen LogP contribution in [0.1, 0.15) is 30.9 Å². The van der Waals surface area contributed by atoms with Crippen LogP contribution in [0.15, 0.2) is 42.5 Å². The fraction of sp³-hybridized carbons (Fsp3) is 0.316. The van der Waals surface area contributed by atoms with E-state index in [9.17, 15) is 4.79 Å². The summed E-state index contributed by atoms with van der Waals surface area (Å²) in [5.74, 6) is -1.54. The third-order valence-electron chi connectivity index (χ3n) is 5.20. The van der Waals surface area contributed by atoms with Crippen molar-refractivity contribution in [1.29, 1.82) is 0 Å². The van der Waals surface area contributed by atoms with Gasteiger partial charge >= 0.3 is 160 Å². The molecule has 0 radical (unpaired) electrons. The Morgan fingerprint density at radius 3 is 2.48 bits per heavy atom. The standard InChI is InChI=1S/C13H9.C4H9NO.C2H7Si.2ClH.Hf/c1-3-7-12-10(5-1)9-11-6-2-4-8-13(11)12;1-2-3-4(5)6;1-3-2;;;/h1-5,7-8H,9H2;2-3H2,1H3,(H2,5,6);3H,1-2H3;2*1H;/q;;;;;+3/p-3. The van der Waals surface area contributed by atoms with Crippen LogP contribution in [0.3, 0.4) is 0 Å². The van der Waals surface area contributed by atoms with E-state index in [4.69, 9.17) is 17.2 Å². The Morgan fingerprint density at radius 1 is 1.12 bits per heavy atom. The van der Waals surface area contributed by atoms with Gasteiger partial charge in [-0.05, 0) is 0 Å². The van der Waals surface area contributed by atoms with Gasteiger partial charge in [0, 0.05) is 0 Å². The number of carbonyl (C=O) groups excluding carboxylic acids is 1. The first kappa shape index (κ1) is 19.3. The monoisotopic (exact) mass is 560 g/mol. The van der Waals surface area contributed by atoms with Crippen molar-refractivity contribution in [3.05, 3.63) is 53.6 Å². The average molecular weight is 560 g/mol. The van der Waals surface area contributed by atoms with Crippen LogP contribution in [0.5, 0.6) is 0 Å². The second-order valence-electron chi connectivity index (χ2n) is 7.20. The molecule has 25 heavy (non-hydrogen) atoms. The first-order valence-corrected chi connectivity index (χ1v) is 30.5. The van der Waals surface area contributed by atoms with Crippen molar-refractivity contribution in [2.45, 2.75) is 39.3 Å². The van der Waals surface area contributed by atoms with Gasteiger partial charge in [-0.1, -0.05) is 0 Å². The Hall–Kier alpha value is -0.423. The van der Waals surface area contributed by atoms with Crippen molar-refractivity contribution in [2.75, 3.05) is 0 Å². The number of rotatable bonds is 5. The zero-order chi connectivity index (χ0) is 18.3. The van der Waals surface area contributed by atoms with Crippen molar-refractivity contribution in [3.8, 4) is 11.1 Å². The molecule has 0 saturated carbocycles. The fourth-order valence-corrected chi connectivity index (χ4v) is 29.5. The maximum atomic E-state index is 12.5. The van der Waals surface area contributed by atoms with Crippen molar-refractivity contribution in [2.24, 2.45) is 0 Å². The second-order valence-corrected chi connectivity index (χ2v) is 62.4. The molecule has 0 aliphatic heterocycles. The average Bonchev–Trinajstić information content (AvgIpc) is 2.93. The summed E-state index contributed by atoms with van der Waals surface area (Å²) in [5, 5.41) is 0. The zero-order valence-corrected chi connectivity index (χ0v) is 21.2. The van der Waals surface area contributed by atoms with Crippen molar-refractivity contribution < 1.29 is 20.4 Å². The molecule has 6 heteroatoms. The second kappa shape index (κ2) is 6.95. The SMILES string of the molecule is CCCC(=O)[NH][Hf]([Cl])([Cl])([c]1cccc2c1Cc1ccccc1-2)[SiH](C)C. The molecular weight excluding hydrogens is 536 g/mol. The van der Waals surface area contributed by atoms with Crippen LogP contribution >= 0.6 is 17.2 Å². The van der Waals surface area contributed by atoms with Crippen LogP contribution in [0.4, 0.5) is 0 Å². The number of halogens is 2. The Kier molecular flexibility index (Phi) is 5.38. The van der Waals surface area contributed by atoms with Crippen molar-refractivity contribution in [3.63, 3.8) is 0 Å². The number of hydrogen-bond acceptors (Lipinski definition) is 1. The van der Waals surface area contributed by atoms with Crippen LogP contribution in [-0.4, -0.2) is 11.9 Å². The molecular formula is C19H24Cl2HfNOSi. The molecule has 0 unspecified atom stereocenters. The van der Waals surface area contributed by atoms with Crippen LogP contribution in [0.25, 0.3) is 11.1 Å². The van der Waals surface area contributed by atoms with Gasteiger partial charge in [-0.3, -0.25) is 0 Å². The van der Waals surface area contributed by atoms with E-state index in [0.29, 0.717) is 6.42 Å². The topological polar surface area (TPSA) is 29.1 Å². The molecule has 1 aliphatic rings. The van der Waals surface area contributed by atoms with Crippen LogP contribution < -0.4 is 6.62 Å². The van der Waals surface area contributed by atoms with E-state index in [0.717, 1.165) is 16.2 Å². The van der Waals surface area contributed by atoms with Gasteiger partial charge in [-0.2, -0.15) is 0 Å². The zero-order valence-electron chi connectivity index (χ0n) is 14.9. The molecule has 0 fully saturated rings. The van der Waals surface area contributed by atoms with Gasteiger partial charge in [0.25, 0.3) is 0 Å². The molecule has 0 spiro atoms. The van der Waals surface area contributed by atoms with Gasteiger partial charge in [-0.25, -0.2) is 0 Å². The molecule has 2 aromatic rings. The van der Waals surface area contributed by atoms with Crippen LogP contribution in [0.2, 0.25) is 13.1 Å². The van der Waals surface area contributed by atoms with Gasteiger partial charge in [0.05, 0.1) is 0 Å². The molecule has 2 aromatic carbocycles. The Morgan fingerprint density at radius 2 is 1.80 bits per heavy atom. The molecule has 0 heterocycles. The summed E-state index contributed by atoms with van der Waals surface area (Å²) >= 11 is -4.72. The molecule has 1 aliphatic carbocycles. The van der Waals surface area contributed by atoms with Crippen LogP contribution in [0, 0.1) is 0 Å². The summed E-state index contributed by atoms with van der Waals surface area (Å²) in [6.07, 6.45) is 2.12. The minimum absolute atomic E-state index is 0.00264. The third kappa shape index (κ3) is 3.31. The fourth-order valence-electron chi connectivity index (χ4n) is 3.65. The van der Waals surface area contributed by atoms with E-state index in [1.54, 1.807) is 0 Å². The number of amides is 1. The number of hydrogen-bond donors (Lipinski definition) is 1. The quantitative estimate of drug-likeness (QED) is 0.452. The molecule has 0 saturated heterocycles. The van der Waals surface area contributed by atoms with Crippen molar-refractivity contribution >= 4 is 32.4 Å². The number of benzene rings is 2. The minimum atomic E-state index is -4.72. The summed E-state index contributed by atoms with van der Waals surface area (Å²) in [6, 6.07) is 14.7. The first-order valence-electron chi connectivity index (χ1n) is 8.86. The molecule has 0 aromatic heterocycles. The van der Waals surface area contributed by atoms with Gasteiger partial charge in [0.15, 0.2) is 0 Å². The van der Waals surface area contributed by atoms with E-state index in [1.807, 2.05) is 13.0 Å². The summed E-state index contributed by atoms with van der Waals surface area (Å²) in [6.45, 7) is 6.34. The summed E-state index contributed by atoms with van der Waals surface area (Å²) in [4.78, 5) is 12.5. The van der Waals surface area contributed by atoms with Crippen LogP contribution in [-0.2, 0) is 26.8 Å². The number of nitrogens with one attached hydrogen (secondary N) is 1. The molecule has 0 bridgehead atoms. The maximum absolute atomic E-state index is 12.5. The van der Waals surface area contributed by atoms with Gasteiger partial charge in [0.2, 0.25) is 0 Å². The summed E-state index contributed by atoms with van der Waals surface area (Å²) in [7, 11) is 14.7. The normalized spacial score (nSPS) is 14.6. The summed E-state index contributed by atoms with van der Waals surface area (Å²) < 4.78 is 4.27. The van der Waals surface area contributed by atoms with E-state index in [1.165, 1.54) is 22.3 Å². The van der Waals surface area contributed by atoms with E-state index in [-0.39, 0.29) is 5.91 Å². The van der Waals surface area contributed by atoms with E-state index < -0.39 is 21.6 Å². The van der Waals surface area contributed by atoms with Gasteiger partial charge in [0.1, 0.15) is 0 Å². The Balaban J connectivity index is 2.16. The molecule has 133 valence electrons. The molecule has 2 nitrogen and oxygen atoms in total. The van der Waals surface area contributed by atoms with E-state index >= 15 is 0 Å². The molecule has 1 amide bonds. The number of carbonyl (C=O) groups is 1. The van der Waals surface area contributed by atoms with E-state index in [2.05, 4.69) is 52.8 Å². The first-order chi connectivity index (χ1) is 11.8. The third-order valence-corrected chi connectivity index (χ3v) is 67.0. The molecule has 3 rings (SSSR count). The van der Waals surface area contributed by atoms with Gasteiger partial charge in [-0.15, -0.1) is 0 Å². The number of fused-ring (bicyclic) bond motifs is 3. The molecule has 0 atom stereocenters. The summed E-state index contributed by atoms with van der Waals surface area (Å²) in [5.41, 5.74) is 5.01. The predicted molar refractivity (Wildman–Crippen MR) is 108 cm³/mol. The Bertz CT molecular complexity index is 838.